The summed E-state index contributed by atoms with van der Waals surface area (Å²) in [7, 11) is 0. The number of thioether (sulfide) groups is 1. The fourth-order valence-corrected chi connectivity index (χ4v) is 3.04. The summed E-state index contributed by atoms with van der Waals surface area (Å²) in [6.45, 7) is 1.99. The zero-order valence-electron chi connectivity index (χ0n) is 11.7. The molecule has 2 aromatic rings. The molecule has 1 amide bonds. The Kier molecular flexibility index (Phi) is 5.53. The number of hydrogen-bond acceptors (Lipinski definition) is 3. The zero-order valence-corrected chi connectivity index (χ0v) is 13.3. The van der Waals surface area contributed by atoms with E-state index < -0.39 is 0 Å². The minimum atomic E-state index is -0.0219. The number of rotatable bonds is 5. The lowest BCUT2D eigenvalue weighted by Crippen LogP contribution is -2.12. The van der Waals surface area contributed by atoms with Crippen molar-refractivity contribution in [3.05, 3.63) is 53.1 Å². The highest BCUT2D eigenvalue weighted by Crippen LogP contribution is 2.26. The summed E-state index contributed by atoms with van der Waals surface area (Å²) in [4.78, 5) is 13.0. The van der Waals surface area contributed by atoms with E-state index in [0.717, 1.165) is 21.8 Å². The zero-order chi connectivity index (χ0) is 15.2. The van der Waals surface area contributed by atoms with E-state index in [9.17, 15) is 4.79 Å². The van der Waals surface area contributed by atoms with Crippen LogP contribution in [0.3, 0.4) is 0 Å². The fourth-order valence-electron chi connectivity index (χ4n) is 1.83. The third-order valence-electron chi connectivity index (χ3n) is 3.02. The number of benzene rings is 2. The smallest absolute Gasteiger partial charge is 0.225 e. The van der Waals surface area contributed by atoms with Gasteiger partial charge in [-0.2, -0.15) is 0 Å². The number of halogens is 1. The summed E-state index contributed by atoms with van der Waals surface area (Å²) in [5.41, 5.74) is 8.43. The Balaban J connectivity index is 1.83. The third-order valence-corrected chi connectivity index (χ3v) is 4.42. The molecule has 110 valence electrons. The van der Waals surface area contributed by atoms with Crippen LogP contribution in [0, 0.1) is 6.92 Å². The molecule has 21 heavy (non-hydrogen) atoms. The standard InChI is InChI=1S/C16H17ClN2OS/c1-11-14(18)6-3-7-15(11)21-9-8-16(20)19-13-5-2-4-12(17)10-13/h2-7,10H,8-9,18H2,1H3,(H,19,20). The first-order valence-corrected chi connectivity index (χ1v) is 7.96. The van der Waals surface area contributed by atoms with Crippen LogP contribution in [0.5, 0.6) is 0 Å². The Labute approximate surface area is 133 Å². The van der Waals surface area contributed by atoms with Crippen molar-refractivity contribution in [3.8, 4) is 0 Å². The second-order valence-corrected chi connectivity index (χ2v) is 6.20. The molecule has 0 aromatic heterocycles. The van der Waals surface area contributed by atoms with E-state index in [1.54, 1.807) is 23.9 Å². The van der Waals surface area contributed by atoms with Gasteiger partial charge in [0.1, 0.15) is 0 Å². The van der Waals surface area contributed by atoms with Crippen LogP contribution in [0.15, 0.2) is 47.4 Å². The van der Waals surface area contributed by atoms with Crippen LogP contribution in [0.4, 0.5) is 11.4 Å². The summed E-state index contributed by atoms with van der Waals surface area (Å²) in [6, 6.07) is 13.0. The van der Waals surface area contributed by atoms with E-state index in [2.05, 4.69) is 5.32 Å². The first-order chi connectivity index (χ1) is 10.1. The maximum atomic E-state index is 11.9. The first-order valence-electron chi connectivity index (χ1n) is 6.59. The molecule has 0 saturated heterocycles. The number of nitrogen functional groups attached to an aromatic ring is 1. The molecule has 0 atom stereocenters. The number of carbonyl (C=O) groups is 1. The van der Waals surface area contributed by atoms with Gasteiger partial charge in [0.15, 0.2) is 0 Å². The number of nitrogens with two attached hydrogens (primary N) is 1. The second-order valence-electron chi connectivity index (χ2n) is 4.63. The number of amides is 1. The SMILES string of the molecule is Cc1c(N)cccc1SCCC(=O)Nc1cccc(Cl)c1. The van der Waals surface area contributed by atoms with Gasteiger partial charge in [-0.15, -0.1) is 11.8 Å². The van der Waals surface area contributed by atoms with Crippen LogP contribution in [0.1, 0.15) is 12.0 Å². The minimum Gasteiger partial charge on any atom is -0.398 e. The van der Waals surface area contributed by atoms with Gasteiger partial charge in [0.25, 0.3) is 0 Å². The van der Waals surface area contributed by atoms with Gasteiger partial charge >= 0.3 is 0 Å². The molecule has 0 unspecified atom stereocenters. The van der Waals surface area contributed by atoms with Crippen LogP contribution >= 0.6 is 23.4 Å². The maximum absolute atomic E-state index is 11.9. The largest absolute Gasteiger partial charge is 0.398 e. The van der Waals surface area contributed by atoms with Crippen molar-refractivity contribution in [1.29, 1.82) is 0 Å². The van der Waals surface area contributed by atoms with E-state index in [1.807, 2.05) is 37.3 Å². The first kappa shape index (κ1) is 15.7. The predicted molar refractivity (Wildman–Crippen MR) is 91.0 cm³/mol. The van der Waals surface area contributed by atoms with Crippen molar-refractivity contribution < 1.29 is 4.79 Å². The lowest BCUT2D eigenvalue weighted by molar-refractivity contribution is -0.115. The molecule has 3 nitrogen and oxygen atoms in total. The molecule has 0 fully saturated rings. The number of nitrogens with one attached hydrogen (secondary N) is 1. The Morgan fingerprint density at radius 3 is 2.81 bits per heavy atom. The van der Waals surface area contributed by atoms with Crippen LogP contribution in [-0.2, 0) is 4.79 Å². The number of hydrogen-bond donors (Lipinski definition) is 2. The topological polar surface area (TPSA) is 55.1 Å². The molecule has 0 aliphatic rings. The van der Waals surface area contributed by atoms with Crippen LogP contribution in [0.25, 0.3) is 0 Å². The molecule has 2 rings (SSSR count). The average Bonchev–Trinajstić information content (AvgIpc) is 2.43. The highest BCUT2D eigenvalue weighted by atomic mass is 35.5. The molecule has 0 spiro atoms. The molecule has 2 aromatic carbocycles. The van der Waals surface area contributed by atoms with Crippen LogP contribution < -0.4 is 11.1 Å². The van der Waals surface area contributed by atoms with E-state index in [1.165, 1.54) is 0 Å². The molecule has 0 aliphatic carbocycles. The third kappa shape index (κ3) is 4.69. The highest BCUT2D eigenvalue weighted by Gasteiger charge is 2.06. The van der Waals surface area contributed by atoms with E-state index in [4.69, 9.17) is 17.3 Å². The molecule has 5 heteroatoms. The normalized spacial score (nSPS) is 10.4. The molecular weight excluding hydrogens is 304 g/mol. The summed E-state index contributed by atoms with van der Waals surface area (Å²) >= 11 is 7.51. The van der Waals surface area contributed by atoms with Crippen LogP contribution in [-0.4, -0.2) is 11.7 Å². The van der Waals surface area contributed by atoms with Crippen LogP contribution in [0.2, 0.25) is 5.02 Å². The lowest BCUT2D eigenvalue weighted by Gasteiger charge is -2.08. The van der Waals surface area contributed by atoms with Gasteiger partial charge in [-0.25, -0.2) is 0 Å². The Bertz CT molecular complexity index is 646. The van der Waals surface area contributed by atoms with Gasteiger partial charge in [-0.05, 0) is 42.8 Å². The Hall–Kier alpha value is -1.65. The second kappa shape index (κ2) is 7.38. The van der Waals surface area contributed by atoms with E-state index in [-0.39, 0.29) is 5.91 Å². The molecule has 0 radical (unpaired) electrons. The van der Waals surface area contributed by atoms with Crippen molar-refractivity contribution in [1.82, 2.24) is 0 Å². The van der Waals surface area contributed by atoms with Crippen molar-refractivity contribution in [2.75, 3.05) is 16.8 Å². The van der Waals surface area contributed by atoms with Gasteiger partial charge < -0.3 is 11.1 Å². The molecule has 0 heterocycles. The Morgan fingerprint density at radius 2 is 2.05 bits per heavy atom. The maximum Gasteiger partial charge on any atom is 0.225 e. The molecule has 0 aliphatic heterocycles. The lowest BCUT2D eigenvalue weighted by atomic mass is 10.2. The highest BCUT2D eigenvalue weighted by molar-refractivity contribution is 7.99. The summed E-state index contributed by atoms with van der Waals surface area (Å²) in [6.07, 6.45) is 0.436. The predicted octanol–water partition coefficient (Wildman–Crippen LogP) is 4.35. The average molecular weight is 321 g/mol. The molecule has 0 bridgehead atoms. The van der Waals surface area contributed by atoms with Crippen molar-refractivity contribution in [2.24, 2.45) is 0 Å². The number of carbonyl (C=O) groups excluding carboxylic acids is 1. The summed E-state index contributed by atoms with van der Waals surface area (Å²) in [5.74, 6) is 0.683. The Morgan fingerprint density at radius 1 is 1.29 bits per heavy atom. The molecule has 3 N–H and O–H groups in total. The van der Waals surface area contributed by atoms with Crippen molar-refractivity contribution in [2.45, 2.75) is 18.2 Å². The van der Waals surface area contributed by atoms with Gasteiger partial charge in [-0.1, -0.05) is 23.7 Å². The molecular formula is C16H17ClN2OS. The van der Waals surface area contributed by atoms with E-state index >= 15 is 0 Å². The quantitative estimate of drug-likeness (QED) is 0.636. The van der Waals surface area contributed by atoms with Crippen molar-refractivity contribution in [3.63, 3.8) is 0 Å². The summed E-state index contributed by atoms with van der Waals surface area (Å²) < 4.78 is 0. The van der Waals surface area contributed by atoms with Gasteiger partial charge in [-0.3, -0.25) is 4.79 Å². The van der Waals surface area contributed by atoms with Gasteiger partial charge in [0, 0.05) is 33.5 Å². The monoisotopic (exact) mass is 320 g/mol. The number of anilines is 2. The van der Waals surface area contributed by atoms with Gasteiger partial charge in [0.05, 0.1) is 0 Å². The molecule has 0 saturated carbocycles. The summed E-state index contributed by atoms with van der Waals surface area (Å²) in [5, 5.41) is 3.44. The fraction of sp³-hybridized carbons (Fsp3) is 0.188. The van der Waals surface area contributed by atoms with Gasteiger partial charge in [0.2, 0.25) is 5.91 Å². The van der Waals surface area contributed by atoms with E-state index in [0.29, 0.717) is 17.2 Å². The van der Waals surface area contributed by atoms with Crippen molar-refractivity contribution >= 4 is 40.6 Å². The minimum absolute atomic E-state index is 0.0219.